The van der Waals surface area contributed by atoms with Crippen molar-refractivity contribution in [3.8, 4) is 0 Å². The molecule has 0 fully saturated rings. The van der Waals surface area contributed by atoms with E-state index >= 15 is 0 Å². The van der Waals surface area contributed by atoms with E-state index in [1.165, 1.54) is 0 Å². The Labute approximate surface area is 78.3 Å². The summed E-state index contributed by atoms with van der Waals surface area (Å²) in [5, 5.41) is 3.68. The topological polar surface area (TPSA) is 47.6 Å². The monoisotopic (exact) mass is 226 g/mol. The number of hydrogen-bond acceptors (Lipinski definition) is 3. The van der Waals surface area contributed by atoms with Crippen LogP contribution in [-0.4, -0.2) is 5.84 Å². The van der Waals surface area contributed by atoms with Gasteiger partial charge in [-0.1, -0.05) is 21.1 Å². The summed E-state index contributed by atoms with van der Waals surface area (Å²) in [5.41, 5.74) is 7.64. The number of benzene rings is 1. The molecule has 2 N–H and O–H groups in total. The van der Waals surface area contributed by atoms with Gasteiger partial charge in [-0.3, -0.25) is 0 Å². The number of rotatable bonds is 0. The lowest BCUT2D eigenvalue weighted by Crippen LogP contribution is -2.19. The molecule has 0 aliphatic carbocycles. The molecular weight excluding hydrogens is 220 g/mol. The molecule has 0 spiro atoms. The Morgan fingerprint density at radius 2 is 2.33 bits per heavy atom. The fraction of sp³-hybridized carbons (Fsp3) is 0.125. The van der Waals surface area contributed by atoms with Crippen molar-refractivity contribution in [3.63, 3.8) is 0 Å². The molecule has 0 saturated heterocycles. The molecule has 1 aliphatic rings. The van der Waals surface area contributed by atoms with Crippen molar-refractivity contribution in [2.45, 2.75) is 6.61 Å². The van der Waals surface area contributed by atoms with E-state index in [0.717, 1.165) is 15.6 Å². The highest BCUT2D eigenvalue weighted by molar-refractivity contribution is 9.10. The zero-order chi connectivity index (χ0) is 8.55. The summed E-state index contributed by atoms with van der Waals surface area (Å²) in [6, 6.07) is 5.85. The molecule has 0 bridgehead atoms. The van der Waals surface area contributed by atoms with Gasteiger partial charge in [-0.2, -0.15) is 0 Å². The summed E-state index contributed by atoms with van der Waals surface area (Å²) < 4.78 is 1.03. The average molecular weight is 227 g/mol. The summed E-state index contributed by atoms with van der Waals surface area (Å²) in [5.74, 6) is 0.448. The van der Waals surface area contributed by atoms with Crippen LogP contribution in [0.25, 0.3) is 0 Å². The average Bonchev–Trinajstić information content (AvgIpc) is 2.04. The first-order chi connectivity index (χ1) is 5.77. The Balaban J connectivity index is 2.56. The van der Waals surface area contributed by atoms with Crippen LogP contribution < -0.4 is 5.73 Å². The first kappa shape index (κ1) is 7.61. The van der Waals surface area contributed by atoms with E-state index in [-0.39, 0.29) is 0 Å². The highest BCUT2D eigenvalue weighted by Gasteiger charge is 2.12. The van der Waals surface area contributed by atoms with Crippen molar-refractivity contribution in [1.29, 1.82) is 0 Å². The van der Waals surface area contributed by atoms with Crippen LogP contribution in [0.5, 0.6) is 0 Å². The second-order valence-electron chi connectivity index (χ2n) is 2.55. The van der Waals surface area contributed by atoms with E-state index in [0.29, 0.717) is 12.4 Å². The van der Waals surface area contributed by atoms with Gasteiger partial charge in [0.2, 0.25) is 0 Å². The lowest BCUT2D eigenvalue weighted by atomic mass is 10.1. The first-order valence-corrected chi connectivity index (χ1v) is 4.31. The number of halogens is 1. The molecule has 1 aliphatic heterocycles. The van der Waals surface area contributed by atoms with Crippen LogP contribution >= 0.6 is 15.9 Å². The van der Waals surface area contributed by atoms with Crippen LogP contribution in [0.2, 0.25) is 0 Å². The maximum Gasteiger partial charge on any atom is 0.170 e. The summed E-state index contributed by atoms with van der Waals surface area (Å²) in [6.45, 7) is 0.496. The third-order valence-electron chi connectivity index (χ3n) is 1.73. The molecule has 0 amide bonds. The Morgan fingerprint density at radius 3 is 3.17 bits per heavy atom. The maximum absolute atomic E-state index is 5.61. The van der Waals surface area contributed by atoms with Gasteiger partial charge in [0.05, 0.1) is 0 Å². The standard InChI is InChI=1S/C8H7BrN2O/c9-6-1-2-7-5(3-6)4-12-11-8(7)10/h1-3H,4H2,(H2,10,11). The Bertz CT molecular complexity index is 349. The molecular formula is C8H7BrN2O. The van der Waals surface area contributed by atoms with Crippen molar-refractivity contribution in [3.05, 3.63) is 33.8 Å². The largest absolute Gasteiger partial charge is 0.389 e. The minimum Gasteiger partial charge on any atom is -0.389 e. The second-order valence-corrected chi connectivity index (χ2v) is 3.47. The van der Waals surface area contributed by atoms with Gasteiger partial charge in [0.25, 0.3) is 0 Å². The molecule has 0 radical (unpaired) electrons. The van der Waals surface area contributed by atoms with E-state index in [2.05, 4.69) is 21.1 Å². The first-order valence-electron chi connectivity index (χ1n) is 3.51. The van der Waals surface area contributed by atoms with E-state index in [4.69, 9.17) is 10.6 Å². The van der Waals surface area contributed by atoms with Gasteiger partial charge < -0.3 is 10.6 Å². The number of nitrogens with two attached hydrogens (primary N) is 1. The molecule has 0 saturated carbocycles. The number of oxime groups is 1. The van der Waals surface area contributed by atoms with Crippen LogP contribution in [-0.2, 0) is 11.4 Å². The number of amidine groups is 1. The Morgan fingerprint density at radius 1 is 1.50 bits per heavy atom. The predicted molar refractivity (Wildman–Crippen MR) is 49.7 cm³/mol. The van der Waals surface area contributed by atoms with Crippen molar-refractivity contribution in [1.82, 2.24) is 0 Å². The van der Waals surface area contributed by atoms with Crippen LogP contribution in [0.4, 0.5) is 0 Å². The molecule has 1 aromatic carbocycles. The number of nitrogens with zero attached hydrogens (tertiary/aromatic N) is 1. The molecule has 12 heavy (non-hydrogen) atoms. The quantitative estimate of drug-likeness (QED) is 0.731. The maximum atomic E-state index is 5.61. The lowest BCUT2D eigenvalue weighted by Gasteiger charge is -2.13. The van der Waals surface area contributed by atoms with Crippen LogP contribution in [0.1, 0.15) is 11.1 Å². The summed E-state index contributed by atoms with van der Waals surface area (Å²) >= 11 is 3.37. The Kier molecular flexibility index (Phi) is 1.77. The lowest BCUT2D eigenvalue weighted by molar-refractivity contribution is 0.125. The van der Waals surface area contributed by atoms with Crippen molar-refractivity contribution < 1.29 is 4.84 Å². The normalized spacial score (nSPS) is 14.6. The van der Waals surface area contributed by atoms with Gasteiger partial charge >= 0.3 is 0 Å². The van der Waals surface area contributed by atoms with Gasteiger partial charge in [-0.25, -0.2) is 0 Å². The highest BCUT2D eigenvalue weighted by atomic mass is 79.9. The van der Waals surface area contributed by atoms with E-state index in [1.807, 2.05) is 18.2 Å². The smallest absolute Gasteiger partial charge is 0.170 e. The molecule has 3 nitrogen and oxygen atoms in total. The van der Waals surface area contributed by atoms with E-state index < -0.39 is 0 Å². The fourth-order valence-electron chi connectivity index (χ4n) is 1.15. The zero-order valence-electron chi connectivity index (χ0n) is 6.25. The molecule has 0 aromatic heterocycles. The predicted octanol–water partition coefficient (Wildman–Crippen LogP) is 1.60. The van der Waals surface area contributed by atoms with Crippen LogP contribution in [0.15, 0.2) is 27.8 Å². The van der Waals surface area contributed by atoms with Crippen molar-refractivity contribution >= 4 is 21.8 Å². The van der Waals surface area contributed by atoms with Crippen molar-refractivity contribution in [2.24, 2.45) is 10.9 Å². The van der Waals surface area contributed by atoms with Gasteiger partial charge in [0.1, 0.15) is 6.61 Å². The summed E-state index contributed by atoms with van der Waals surface area (Å²) in [4.78, 5) is 4.91. The second kappa shape index (κ2) is 2.79. The molecule has 0 unspecified atom stereocenters. The van der Waals surface area contributed by atoms with Gasteiger partial charge in [0.15, 0.2) is 5.84 Å². The summed E-state index contributed by atoms with van der Waals surface area (Å²) in [7, 11) is 0. The molecule has 1 heterocycles. The van der Waals surface area contributed by atoms with Crippen molar-refractivity contribution in [2.75, 3.05) is 0 Å². The Hall–Kier alpha value is -1.03. The SMILES string of the molecule is NC1=NOCc2cc(Br)ccc21. The third-order valence-corrected chi connectivity index (χ3v) is 2.22. The number of fused-ring (bicyclic) bond motifs is 1. The molecule has 4 heteroatoms. The van der Waals surface area contributed by atoms with Crippen LogP contribution in [0.3, 0.4) is 0 Å². The molecule has 62 valence electrons. The molecule has 2 rings (SSSR count). The molecule has 1 aromatic rings. The zero-order valence-corrected chi connectivity index (χ0v) is 7.84. The van der Waals surface area contributed by atoms with Gasteiger partial charge in [-0.05, 0) is 18.2 Å². The fourth-order valence-corrected chi connectivity index (χ4v) is 1.56. The third kappa shape index (κ3) is 1.18. The van der Waals surface area contributed by atoms with E-state index in [9.17, 15) is 0 Å². The minimum atomic E-state index is 0.448. The van der Waals surface area contributed by atoms with Gasteiger partial charge in [0, 0.05) is 15.6 Å². The van der Waals surface area contributed by atoms with Gasteiger partial charge in [-0.15, -0.1) is 0 Å². The van der Waals surface area contributed by atoms with Crippen LogP contribution in [0, 0.1) is 0 Å². The summed E-state index contributed by atoms with van der Waals surface area (Å²) in [6.07, 6.45) is 0. The number of hydrogen-bond donors (Lipinski definition) is 1. The van der Waals surface area contributed by atoms with E-state index in [1.54, 1.807) is 0 Å². The minimum absolute atomic E-state index is 0.448. The highest BCUT2D eigenvalue weighted by Crippen LogP contribution is 2.19. The molecule has 0 atom stereocenters.